The normalized spacial score (nSPS) is 14.3. The van der Waals surface area contributed by atoms with Crippen LogP contribution < -0.4 is 5.73 Å². The van der Waals surface area contributed by atoms with Crippen molar-refractivity contribution in [3.8, 4) is 0 Å². The van der Waals surface area contributed by atoms with E-state index >= 15 is 0 Å². The quantitative estimate of drug-likeness (QED) is 0.0291. The zero-order valence-corrected chi connectivity index (χ0v) is 31.3. The van der Waals surface area contributed by atoms with Gasteiger partial charge in [-0.2, -0.15) is 0 Å². The lowest BCUT2D eigenvalue weighted by molar-refractivity contribution is -0.154. The minimum atomic E-state index is -4.29. The van der Waals surface area contributed by atoms with Crippen LogP contribution in [0, 0.1) is 0 Å². The van der Waals surface area contributed by atoms with Crippen LogP contribution in [0.4, 0.5) is 0 Å². The number of hydrogen-bond acceptors (Lipinski definition) is 7. The summed E-state index contributed by atoms with van der Waals surface area (Å²) in [5, 5.41) is 0. The van der Waals surface area contributed by atoms with Crippen molar-refractivity contribution in [3.05, 3.63) is 60.8 Å². The van der Waals surface area contributed by atoms with Crippen molar-refractivity contribution in [2.75, 3.05) is 33.0 Å². The molecule has 0 spiro atoms. The largest absolute Gasteiger partial charge is 0.472 e. The predicted molar refractivity (Wildman–Crippen MR) is 201 cm³/mol. The molecule has 2 atom stereocenters. The van der Waals surface area contributed by atoms with Gasteiger partial charge in [-0.25, -0.2) is 4.57 Å². The Morgan fingerprint density at radius 2 is 1.17 bits per heavy atom. The average Bonchev–Trinajstić information content (AvgIpc) is 3.07. The van der Waals surface area contributed by atoms with Gasteiger partial charge in [0.1, 0.15) is 6.10 Å². The summed E-state index contributed by atoms with van der Waals surface area (Å²) in [7, 11) is -4.29. The van der Waals surface area contributed by atoms with E-state index in [9.17, 15) is 14.3 Å². The minimum Gasteiger partial charge on any atom is -0.457 e. The van der Waals surface area contributed by atoms with Crippen LogP contribution in [0.3, 0.4) is 0 Å². The molecule has 0 aromatic rings. The number of ether oxygens (including phenoxy) is 2. The Kier molecular flexibility index (Phi) is 35.1. The van der Waals surface area contributed by atoms with E-state index in [0.717, 1.165) is 70.6 Å². The Morgan fingerprint density at radius 1 is 0.646 bits per heavy atom. The molecule has 0 saturated carbocycles. The van der Waals surface area contributed by atoms with Gasteiger partial charge in [0.2, 0.25) is 0 Å². The Bertz CT molecular complexity index is 916. The number of carbonyl (C=O) groups excluding carboxylic acids is 1. The summed E-state index contributed by atoms with van der Waals surface area (Å²) in [4.78, 5) is 22.4. The topological polar surface area (TPSA) is 117 Å². The van der Waals surface area contributed by atoms with E-state index in [2.05, 4.69) is 74.6 Å². The third kappa shape index (κ3) is 35.5. The molecule has 0 saturated heterocycles. The average molecular weight is 696 g/mol. The number of carbonyl (C=O) groups is 1. The van der Waals surface area contributed by atoms with Crippen molar-refractivity contribution in [2.24, 2.45) is 5.73 Å². The second kappa shape index (κ2) is 36.5. The summed E-state index contributed by atoms with van der Waals surface area (Å²) in [6, 6.07) is 0. The summed E-state index contributed by atoms with van der Waals surface area (Å²) in [5.74, 6) is -0.361. The number of hydrogen-bond donors (Lipinski definition) is 2. The van der Waals surface area contributed by atoms with Crippen LogP contribution in [0.2, 0.25) is 0 Å². The third-order valence-electron chi connectivity index (χ3n) is 7.42. The van der Waals surface area contributed by atoms with Crippen molar-refractivity contribution in [1.29, 1.82) is 0 Å². The molecule has 0 heterocycles. The first kappa shape index (κ1) is 46.2. The maximum atomic E-state index is 12.5. The molecule has 8 nitrogen and oxygen atoms in total. The van der Waals surface area contributed by atoms with Crippen LogP contribution in [-0.2, 0) is 27.9 Å². The lowest BCUT2D eigenvalue weighted by atomic mass is 10.1. The van der Waals surface area contributed by atoms with E-state index < -0.39 is 13.9 Å². The van der Waals surface area contributed by atoms with Crippen molar-refractivity contribution >= 4 is 13.8 Å². The highest BCUT2D eigenvalue weighted by Gasteiger charge is 2.25. The number of allylic oxidation sites excluding steroid dienone is 10. The summed E-state index contributed by atoms with van der Waals surface area (Å²) < 4.78 is 33.2. The van der Waals surface area contributed by atoms with Gasteiger partial charge in [-0.1, -0.05) is 126 Å². The summed E-state index contributed by atoms with van der Waals surface area (Å²) >= 11 is 0. The van der Waals surface area contributed by atoms with E-state index in [1.54, 1.807) is 0 Å². The number of phosphoric ester groups is 1. The first-order valence-corrected chi connectivity index (χ1v) is 20.3. The van der Waals surface area contributed by atoms with Crippen LogP contribution in [0.1, 0.15) is 142 Å². The van der Waals surface area contributed by atoms with Crippen LogP contribution >= 0.6 is 7.82 Å². The van der Waals surface area contributed by atoms with Gasteiger partial charge in [0.05, 0.1) is 19.8 Å². The zero-order chi connectivity index (χ0) is 35.2. The lowest BCUT2D eigenvalue weighted by Crippen LogP contribution is -2.28. The number of esters is 1. The van der Waals surface area contributed by atoms with Crippen molar-refractivity contribution in [2.45, 2.75) is 148 Å². The summed E-state index contributed by atoms with van der Waals surface area (Å²) in [5.41, 5.74) is 5.34. The van der Waals surface area contributed by atoms with Gasteiger partial charge >= 0.3 is 13.8 Å². The predicted octanol–water partition coefficient (Wildman–Crippen LogP) is 10.6. The third-order valence-corrected chi connectivity index (χ3v) is 8.40. The molecule has 0 aliphatic heterocycles. The first-order chi connectivity index (χ1) is 23.4. The number of unbranched alkanes of at least 4 members (excludes halogenated alkanes) is 12. The molecule has 0 aliphatic carbocycles. The molecular formula is C39H70NO7P. The fourth-order valence-corrected chi connectivity index (χ4v) is 5.46. The zero-order valence-electron chi connectivity index (χ0n) is 30.4. The number of phosphoric acid groups is 1. The van der Waals surface area contributed by atoms with Gasteiger partial charge in [0.25, 0.3) is 0 Å². The van der Waals surface area contributed by atoms with E-state index in [4.69, 9.17) is 24.3 Å². The molecule has 0 fully saturated rings. The van der Waals surface area contributed by atoms with Crippen LogP contribution in [-0.4, -0.2) is 49.9 Å². The fraction of sp³-hybridized carbons (Fsp3) is 0.718. The molecule has 0 radical (unpaired) electrons. The Hall–Kier alpha value is -1.80. The van der Waals surface area contributed by atoms with Gasteiger partial charge < -0.3 is 20.1 Å². The summed E-state index contributed by atoms with van der Waals surface area (Å²) in [6.07, 6.45) is 42.5. The number of rotatable bonds is 35. The van der Waals surface area contributed by atoms with Crippen molar-refractivity contribution in [1.82, 2.24) is 0 Å². The molecule has 2 unspecified atom stereocenters. The smallest absolute Gasteiger partial charge is 0.457 e. The van der Waals surface area contributed by atoms with Crippen LogP contribution in [0.5, 0.6) is 0 Å². The molecule has 0 aliphatic rings. The maximum absolute atomic E-state index is 12.5. The molecule has 0 aromatic carbocycles. The first-order valence-electron chi connectivity index (χ1n) is 18.8. The Morgan fingerprint density at radius 3 is 1.77 bits per heavy atom. The molecule has 0 aromatic heterocycles. The molecule has 0 bridgehead atoms. The SMILES string of the molecule is CC/C=C\C/C=C\C/C=C\C/C=C\CCCOCC(COP(=O)(O)OCCN)OC(=O)CCCCCCC/C=C\CCCCCCCC. The summed E-state index contributed by atoms with van der Waals surface area (Å²) in [6.45, 7) is 4.61. The van der Waals surface area contributed by atoms with E-state index in [0.29, 0.717) is 13.0 Å². The highest BCUT2D eigenvalue weighted by Crippen LogP contribution is 2.43. The second-order valence-corrected chi connectivity index (χ2v) is 13.5. The standard InChI is InChI=1S/C39H70NO7P/c1-3-5-7-9-11-13-15-17-19-20-22-24-26-28-30-32-39(41)47-38(37-46-48(42,43)45-35-33-40)36-44-34-31-29-27-25-23-21-18-16-14-12-10-8-6-4-2/h6,8,12,14,17-19,21,25,27,38H,3-5,7,9-11,13,15-16,20,22-24,26,28-37,40H2,1-2H3,(H,42,43)/b8-6-,14-12-,19-17-,21-18-,27-25-. The highest BCUT2D eigenvalue weighted by molar-refractivity contribution is 7.47. The number of nitrogens with two attached hydrogens (primary N) is 1. The highest BCUT2D eigenvalue weighted by atomic mass is 31.2. The second-order valence-electron chi connectivity index (χ2n) is 12.1. The van der Waals surface area contributed by atoms with Crippen LogP contribution in [0.25, 0.3) is 0 Å². The molecule has 3 N–H and O–H groups in total. The minimum absolute atomic E-state index is 0.0726. The van der Waals surface area contributed by atoms with Gasteiger partial charge in [0.15, 0.2) is 0 Å². The Balaban J connectivity index is 4.22. The van der Waals surface area contributed by atoms with E-state index in [1.165, 1.54) is 51.4 Å². The fourth-order valence-electron chi connectivity index (χ4n) is 4.70. The maximum Gasteiger partial charge on any atom is 0.472 e. The van der Waals surface area contributed by atoms with Crippen LogP contribution in [0.15, 0.2) is 60.8 Å². The molecule has 0 rings (SSSR count). The van der Waals surface area contributed by atoms with Crippen molar-refractivity contribution in [3.63, 3.8) is 0 Å². The Labute approximate surface area is 293 Å². The molecule has 48 heavy (non-hydrogen) atoms. The molecule has 0 amide bonds. The molecule has 9 heteroatoms. The van der Waals surface area contributed by atoms with Gasteiger partial charge in [-0.05, 0) is 70.6 Å². The van der Waals surface area contributed by atoms with Gasteiger partial charge in [-0.15, -0.1) is 0 Å². The molecule has 278 valence electrons. The van der Waals surface area contributed by atoms with Gasteiger partial charge in [0, 0.05) is 19.6 Å². The van der Waals surface area contributed by atoms with E-state index in [1.807, 2.05) is 0 Å². The van der Waals surface area contributed by atoms with Crippen molar-refractivity contribution < 1.29 is 32.8 Å². The monoisotopic (exact) mass is 695 g/mol. The van der Waals surface area contributed by atoms with Gasteiger partial charge in [-0.3, -0.25) is 13.8 Å². The lowest BCUT2D eigenvalue weighted by Gasteiger charge is -2.20. The molecular weight excluding hydrogens is 625 g/mol. The van der Waals surface area contributed by atoms with E-state index in [-0.39, 0.29) is 32.3 Å².